The number of ether oxygens (including phenoxy) is 1. The second-order valence-electron chi connectivity index (χ2n) is 3.77. The van der Waals surface area contributed by atoms with Gasteiger partial charge in [0.15, 0.2) is 6.61 Å². The van der Waals surface area contributed by atoms with Crippen LogP contribution < -0.4 is 4.74 Å². The van der Waals surface area contributed by atoms with Crippen molar-refractivity contribution in [1.29, 1.82) is 0 Å². The number of Topliss-reactive ketones (excluding diaryl/α,β-unsaturated/α-hetero) is 1. The van der Waals surface area contributed by atoms with E-state index in [4.69, 9.17) is 27.9 Å². The number of ketones is 1. The topological polar surface area (TPSA) is 26.3 Å². The average molecular weight is 360 g/mol. The molecule has 0 radical (unpaired) electrons. The standard InChI is InChI=1S/C14H9BrCl2O2/c15-9-5-6-14(12(17)7-9)19-8-13(18)10-3-1-2-4-11(10)16/h1-7H,8H2. The van der Waals surface area contributed by atoms with E-state index < -0.39 is 0 Å². The SMILES string of the molecule is O=C(COc1ccc(Br)cc1Cl)c1ccccc1Cl. The monoisotopic (exact) mass is 358 g/mol. The van der Waals surface area contributed by atoms with Gasteiger partial charge in [0, 0.05) is 10.0 Å². The molecule has 0 aliphatic heterocycles. The number of hydrogen-bond acceptors (Lipinski definition) is 2. The van der Waals surface area contributed by atoms with Gasteiger partial charge >= 0.3 is 0 Å². The van der Waals surface area contributed by atoms with Gasteiger partial charge in [-0.05, 0) is 30.3 Å². The van der Waals surface area contributed by atoms with Crippen molar-refractivity contribution in [2.45, 2.75) is 0 Å². The summed E-state index contributed by atoms with van der Waals surface area (Å²) >= 11 is 15.2. The summed E-state index contributed by atoms with van der Waals surface area (Å²) in [6.45, 7) is -0.106. The Bertz CT molecular complexity index is 614. The summed E-state index contributed by atoms with van der Waals surface area (Å²) in [6.07, 6.45) is 0. The second-order valence-corrected chi connectivity index (χ2v) is 5.50. The molecule has 2 aromatic carbocycles. The fraction of sp³-hybridized carbons (Fsp3) is 0.0714. The highest BCUT2D eigenvalue weighted by molar-refractivity contribution is 9.10. The highest BCUT2D eigenvalue weighted by atomic mass is 79.9. The van der Waals surface area contributed by atoms with Crippen LogP contribution in [0, 0.1) is 0 Å². The van der Waals surface area contributed by atoms with Crippen LogP contribution in [0.1, 0.15) is 10.4 Å². The lowest BCUT2D eigenvalue weighted by molar-refractivity contribution is 0.0922. The van der Waals surface area contributed by atoms with Gasteiger partial charge in [-0.25, -0.2) is 0 Å². The lowest BCUT2D eigenvalue weighted by Crippen LogP contribution is -2.12. The first-order valence-electron chi connectivity index (χ1n) is 5.43. The van der Waals surface area contributed by atoms with E-state index in [1.54, 1.807) is 42.5 Å². The fourth-order valence-corrected chi connectivity index (χ4v) is 2.47. The quantitative estimate of drug-likeness (QED) is 0.716. The van der Waals surface area contributed by atoms with Crippen LogP contribution in [0.2, 0.25) is 10.0 Å². The molecule has 0 heterocycles. The Morgan fingerprint density at radius 3 is 2.53 bits per heavy atom. The predicted molar refractivity (Wildman–Crippen MR) is 80.4 cm³/mol. The van der Waals surface area contributed by atoms with Crippen molar-refractivity contribution in [2.24, 2.45) is 0 Å². The summed E-state index contributed by atoms with van der Waals surface area (Å²) in [5, 5.41) is 0.860. The van der Waals surface area contributed by atoms with E-state index in [0.717, 1.165) is 4.47 Å². The van der Waals surface area contributed by atoms with E-state index >= 15 is 0 Å². The van der Waals surface area contributed by atoms with Crippen LogP contribution in [0.4, 0.5) is 0 Å². The van der Waals surface area contributed by atoms with Crippen molar-refractivity contribution in [3.05, 3.63) is 62.5 Å². The lowest BCUT2D eigenvalue weighted by Gasteiger charge is -2.08. The maximum atomic E-state index is 12.0. The van der Waals surface area contributed by atoms with Crippen LogP contribution in [0.5, 0.6) is 5.75 Å². The maximum Gasteiger partial charge on any atom is 0.201 e. The van der Waals surface area contributed by atoms with E-state index in [-0.39, 0.29) is 12.4 Å². The van der Waals surface area contributed by atoms with Gasteiger partial charge in [0.2, 0.25) is 5.78 Å². The fourth-order valence-electron chi connectivity index (χ4n) is 1.50. The molecule has 98 valence electrons. The minimum atomic E-state index is -0.190. The third-order valence-corrected chi connectivity index (χ3v) is 3.55. The van der Waals surface area contributed by atoms with Crippen LogP contribution in [-0.4, -0.2) is 12.4 Å². The van der Waals surface area contributed by atoms with Crippen molar-refractivity contribution in [2.75, 3.05) is 6.61 Å². The van der Waals surface area contributed by atoms with Crippen LogP contribution in [-0.2, 0) is 0 Å². The lowest BCUT2D eigenvalue weighted by atomic mass is 10.1. The Hall–Kier alpha value is -1.03. The summed E-state index contributed by atoms with van der Waals surface area (Å²) in [5.74, 6) is 0.273. The van der Waals surface area contributed by atoms with E-state index in [0.29, 0.717) is 21.4 Å². The normalized spacial score (nSPS) is 10.3. The summed E-state index contributed by atoms with van der Waals surface area (Å²) in [4.78, 5) is 12.0. The Labute approximate surface area is 129 Å². The number of hydrogen-bond donors (Lipinski definition) is 0. The largest absolute Gasteiger partial charge is 0.484 e. The minimum Gasteiger partial charge on any atom is -0.484 e. The Balaban J connectivity index is 2.07. The van der Waals surface area contributed by atoms with Gasteiger partial charge in [0.25, 0.3) is 0 Å². The van der Waals surface area contributed by atoms with Gasteiger partial charge in [0.05, 0.1) is 10.0 Å². The average Bonchev–Trinajstić information content (AvgIpc) is 2.38. The molecule has 0 saturated carbocycles. The van der Waals surface area contributed by atoms with Gasteiger partial charge in [-0.3, -0.25) is 4.79 Å². The molecule has 0 fully saturated rings. The summed E-state index contributed by atoms with van der Waals surface area (Å²) < 4.78 is 6.25. The smallest absolute Gasteiger partial charge is 0.201 e. The molecule has 0 aliphatic carbocycles. The molecular weight excluding hydrogens is 351 g/mol. The molecule has 0 aromatic heterocycles. The molecule has 0 aliphatic rings. The Morgan fingerprint density at radius 2 is 1.84 bits per heavy atom. The molecule has 5 heteroatoms. The summed E-state index contributed by atoms with van der Waals surface area (Å²) in [7, 11) is 0. The highest BCUT2D eigenvalue weighted by Crippen LogP contribution is 2.28. The van der Waals surface area contributed by atoms with Gasteiger partial charge in [0.1, 0.15) is 5.75 Å². The molecule has 0 N–H and O–H groups in total. The first-order chi connectivity index (χ1) is 9.08. The third-order valence-electron chi connectivity index (χ3n) is 2.43. The van der Waals surface area contributed by atoms with Gasteiger partial charge in [-0.2, -0.15) is 0 Å². The summed E-state index contributed by atoms with van der Waals surface area (Å²) in [5.41, 5.74) is 0.442. The van der Waals surface area contributed by atoms with E-state index in [1.165, 1.54) is 0 Å². The van der Waals surface area contributed by atoms with Gasteiger partial charge in [-0.15, -0.1) is 0 Å². The molecule has 0 spiro atoms. The van der Waals surface area contributed by atoms with Gasteiger partial charge in [-0.1, -0.05) is 51.3 Å². The predicted octanol–water partition coefficient (Wildman–Crippen LogP) is 5.02. The molecule has 19 heavy (non-hydrogen) atoms. The van der Waals surface area contributed by atoms with Crippen molar-refractivity contribution >= 4 is 44.9 Å². The maximum absolute atomic E-state index is 12.0. The summed E-state index contributed by atoms with van der Waals surface area (Å²) in [6, 6.07) is 12.1. The molecule has 0 amide bonds. The Morgan fingerprint density at radius 1 is 1.11 bits per heavy atom. The zero-order valence-electron chi connectivity index (χ0n) is 9.70. The van der Waals surface area contributed by atoms with E-state index in [2.05, 4.69) is 15.9 Å². The minimum absolute atomic E-state index is 0.106. The third kappa shape index (κ3) is 3.72. The molecular formula is C14H9BrCl2O2. The molecule has 2 aromatic rings. The zero-order chi connectivity index (χ0) is 13.8. The van der Waals surface area contributed by atoms with Crippen molar-refractivity contribution in [3.63, 3.8) is 0 Å². The zero-order valence-corrected chi connectivity index (χ0v) is 12.8. The number of halogens is 3. The molecule has 0 unspecified atom stereocenters. The molecule has 2 rings (SSSR count). The van der Waals surface area contributed by atoms with Crippen LogP contribution in [0.25, 0.3) is 0 Å². The Kier molecular flexibility index (Phi) is 4.86. The number of rotatable bonds is 4. The van der Waals surface area contributed by atoms with E-state index in [1.807, 2.05) is 0 Å². The number of benzene rings is 2. The first-order valence-corrected chi connectivity index (χ1v) is 6.98. The van der Waals surface area contributed by atoms with Crippen LogP contribution in [0.3, 0.4) is 0 Å². The van der Waals surface area contributed by atoms with E-state index in [9.17, 15) is 4.79 Å². The van der Waals surface area contributed by atoms with Crippen molar-refractivity contribution in [1.82, 2.24) is 0 Å². The number of carbonyl (C=O) groups is 1. The van der Waals surface area contributed by atoms with Crippen molar-refractivity contribution in [3.8, 4) is 5.75 Å². The van der Waals surface area contributed by atoms with Gasteiger partial charge < -0.3 is 4.74 Å². The molecule has 0 bridgehead atoms. The number of carbonyl (C=O) groups excluding carboxylic acids is 1. The molecule has 0 saturated heterocycles. The van der Waals surface area contributed by atoms with Crippen molar-refractivity contribution < 1.29 is 9.53 Å². The highest BCUT2D eigenvalue weighted by Gasteiger charge is 2.11. The van der Waals surface area contributed by atoms with Crippen LogP contribution >= 0.6 is 39.1 Å². The molecule has 0 atom stereocenters. The first kappa shape index (κ1) is 14.4. The second kappa shape index (κ2) is 6.42. The molecule has 2 nitrogen and oxygen atoms in total. The van der Waals surface area contributed by atoms with Crippen LogP contribution in [0.15, 0.2) is 46.9 Å².